The van der Waals surface area contributed by atoms with Crippen LogP contribution in [0.5, 0.6) is 0 Å². The van der Waals surface area contributed by atoms with Gasteiger partial charge in [-0.15, -0.1) is 0 Å². The van der Waals surface area contributed by atoms with E-state index in [4.69, 9.17) is 4.74 Å². The molecule has 0 aromatic heterocycles. The Hall–Kier alpha value is -2.14. The average Bonchev–Trinajstić information content (AvgIpc) is 3.23. The summed E-state index contributed by atoms with van der Waals surface area (Å²) in [6.45, 7) is 8.89. The highest BCUT2D eigenvalue weighted by atomic mass is 16.5. The van der Waals surface area contributed by atoms with Gasteiger partial charge in [0.2, 0.25) is 0 Å². The maximum absolute atomic E-state index is 12.8. The van der Waals surface area contributed by atoms with E-state index in [0.29, 0.717) is 19.1 Å². The molecular weight excluding hydrogens is 342 g/mol. The van der Waals surface area contributed by atoms with E-state index in [2.05, 4.69) is 13.8 Å². The first kappa shape index (κ1) is 19.6. The summed E-state index contributed by atoms with van der Waals surface area (Å²) in [4.78, 5) is 27.2. The Balaban J connectivity index is 2.00. The Morgan fingerprint density at radius 2 is 1.89 bits per heavy atom. The summed E-state index contributed by atoms with van der Waals surface area (Å²) in [5, 5.41) is 10.5. The van der Waals surface area contributed by atoms with Gasteiger partial charge < -0.3 is 14.7 Å². The van der Waals surface area contributed by atoms with Crippen LogP contribution in [0.4, 0.5) is 0 Å². The molecule has 1 N–H and O–H groups in total. The third kappa shape index (κ3) is 3.79. The van der Waals surface area contributed by atoms with E-state index in [1.807, 2.05) is 24.3 Å². The molecule has 1 saturated heterocycles. The van der Waals surface area contributed by atoms with Gasteiger partial charge in [-0.2, -0.15) is 0 Å². The quantitative estimate of drug-likeness (QED) is 0.823. The number of hydrogen-bond donors (Lipinski definition) is 1. The molecule has 0 bridgehead atoms. The molecule has 1 fully saturated rings. The fourth-order valence-corrected chi connectivity index (χ4v) is 3.82. The average molecular weight is 371 g/mol. The molecule has 2 heterocycles. The largest absolute Gasteiger partial charge is 0.503 e. The van der Waals surface area contributed by atoms with Gasteiger partial charge in [-0.25, -0.2) is 0 Å². The summed E-state index contributed by atoms with van der Waals surface area (Å²) in [5.41, 5.74) is 2.25. The predicted octanol–water partition coefficient (Wildman–Crippen LogP) is 3.91. The highest BCUT2D eigenvalue weighted by molar-refractivity contribution is 6.09. The number of aliphatic hydroxyl groups excluding tert-OH is 1. The molecule has 1 aromatic rings. The van der Waals surface area contributed by atoms with Gasteiger partial charge in [0.1, 0.15) is 0 Å². The third-order valence-corrected chi connectivity index (χ3v) is 5.44. The summed E-state index contributed by atoms with van der Waals surface area (Å²) < 4.78 is 5.70. The summed E-state index contributed by atoms with van der Waals surface area (Å²) in [5.74, 6) is -0.978. The molecule has 5 heteroatoms. The van der Waals surface area contributed by atoms with Gasteiger partial charge in [0.15, 0.2) is 11.5 Å². The number of benzene rings is 1. The molecule has 3 rings (SSSR count). The molecule has 1 aromatic carbocycles. The molecule has 5 nitrogen and oxygen atoms in total. The van der Waals surface area contributed by atoms with Crippen molar-refractivity contribution in [2.24, 2.45) is 5.92 Å². The van der Waals surface area contributed by atoms with E-state index in [9.17, 15) is 14.7 Å². The van der Waals surface area contributed by atoms with Crippen molar-refractivity contribution in [3.8, 4) is 0 Å². The smallest absolute Gasteiger partial charge is 0.290 e. The van der Waals surface area contributed by atoms with Crippen molar-refractivity contribution in [2.75, 3.05) is 13.2 Å². The second kappa shape index (κ2) is 7.85. The number of rotatable bonds is 6. The van der Waals surface area contributed by atoms with Crippen LogP contribution in [0.3, 0.4) is 0 Å². The molecule has 2 atom stereocenters. The molecule has 2 aliphatic heterocycles. The SMILES string of the molecule is CC(C)C(=O)C1=C(O)C(=O)N(CC2CCCO2)C1c1ccc(C(C)C)cc1. The highest BCUT2D eigenvalue weighted by Gasteiger charge is 2.44. The van der Waals surface area contributed by atoms with Gasteiger partial charge in [0.05, 0.1) is 17.7 Å². The molecule has 0 radical (unpaired) electrons. The molecule has 0 spiro atoms. The van der Waals surface area contributed by atoms with Crippen molar-refractivity contribution in [3.05, 3.63) is 46.7 Å². The lowest BCUT2D eigenvalue weighted by Gasteiger charge is -2.29. The van der Waals surface area contributed by atoms with Crippen molar-refractivity contribution < 1.29 is 19.4 Å². The zero-order chi connectivity index (χ0) is 19.7. The maximum atomic E-state index is 12.8. The Morgan fingerprint density at radius 1 is 1.22 bits per heavy atom. The van der Waals surface area contributed by atoms with Crippen LogP contribution in [0.1, 0.15) is 63.6 Å². The van der Waals surface area contributed by atoms with Crippen LogP contribution >= 0.6 is 0 Å². The van der Waals surface area contributed by atoms with Gasteiger partial charge in [-0.3, -0.25) is 9.59 Å². The molecule has 2 aliphatic rings. The van der Waals surface area contributed by atoms with Gasteiger partial charge in [-0.1, -0.05) is 52.0 Å². The molecule has 146 valence electrons. The predicted molar refractivity (Wildman–Crippen MR) is 103 cm³/mol. The molecule has 0 saturated carbocycles. The molecular formula is C22H29NO4. The fourth-order valence-electron chi connectivity index (χ4n) is 3.82. The third-order valence-electron chi connectivity index (χ3n) is 5.44. The number of carbonyl (C=O) groups excluding carboxylic acids is 2. The number of aliphatic hydroxyl groups is 1. The van der Waals surface area contributed by atoms with E-state index in [1.54, 1.807) is 18.7 Å². The Morgan fingerprint density at radius 3 is 2.41 bits per heavy atom. The standard InChI is InChI=1S/C22H29NO4/c1-13(2)15-7-9-16(10-8-15)19-18(20(24)14(3)4)21(25)22(26)23(19)12-17-6-5-11-27-17/h7-10,13-14,17,19,25H,5-6,11-12H2,1-4H3. The van der Waals surface area contributed by atoms with Gasteiger partial charge >= 0.3 is 0 Å². The number of carbonyl (C=O) groups is 2. The van der Waals surface area contributed by atoms with Crippen LogP contribution in [0, 0.1) is 5.92 Å². The van der Waals surface area contributed by atoms with Gasteiger partial charge in [0.25, 0.3) is 5.91 Å². The minimum absolute atomic E-state index is 0.0484. The molecule has 2 unspecified atom stereocenters. The van der Waals surface area contributed by atoms with Crippen LogP contribution in [0.2, 0.25) is 0 Å². The first-order valence-electron chi connectivity index (χ1n) is 9.81. The number of nitrogens with zero attached hydrogens (tertiary/aromatic N) is 1. The van der Waals surface area contributed by atoms with E-state index >= 15 is 0 Å². The summed E-state index contributed by atoms with van der Waals surface area (Å²) in [7, 11) is 0. The van der Waals surface area contributed by atoms with Crippen molar-refractivity contribution in [2.45, 2.75) is 58.6 Å². The van der Waals surface area contributed by atoms with Crippen molar-refractivity contribution >= 4 is 11.7 Å². The molecule has 0 aliphatic carbocycles. The highest BCUT2D eigenvalue weighted by Crippen LogP contribution is 2.39. The van der Waals surface area contributed by atoms with Crippen LogP contribution in [-0.2, 0) is 14.3 Å². The maximum Gasteiger partial charge on any atom is 0.290 e. The number of ketones is 1. The van der Waals surface area contributed by atoms with Crippen molar-refractivity contribution in [3.63, 3.8) is 0 Å². The number of Topliss-reactive ketones (excluding diaryl/α,β-unsaturated/α-hetero) is 1. The molecule has 27 heavy (non-hydrogen) atoms. The second-order valence-electron chi connectivity index (χ2n) is 8.10. The summed E-state index contributed by atoms with van der Waals surface area (Å²) >= 11 is 0. The zero-order valence-electron chi connectivity index (χ0n) is 16.6. The van der Waals surface area contributed by atoms with Gasteiger partial charge in [-0.05, 0) is 29.9 Å². The number of amides is 1. The first-order chi connectivity index (χ1) is 12.8. The number of ether oxygens (including phenoxy) is 1. The Bertz CT molecular complexity index is 742. The first-order valence-corrected chi connectivity index (χ1v) is 9.81. The number of hydrogen-bond acceptors (Lipinski definition) is 4. The lowest BCUT2D eigenvalue weighted by molar-refractivity contribution is -0.131. The summed E-state index contributed by atoms with van der Waals surface area (Å²) in [6, 6.07) is 7.42. The van der Waals surface area contributed by atoms with Crippen molar-refractivity contribution in [1.82, 2.24) is 4.90 Å². The minimum atomic E-state index is -0.558. The minimum Gasteiger partial charge on any atom is -0.503 e. The zero-order valence-corrected chi connectivity index (χ0v) is 16.6. The van der Waals surface area contributed by atoms with E-state index in [0.717, 1.165) is 18.4 Å². The van der Waals surface area contributed by atoms with Crippen LogP contribution < -0.4 is 0 Å². The van der Waals surface area contributed by atoms with Crippen LogP contribution in [0.25, 0.3) is 0 Å². The second-order valence-corrected chi connectivity index (χ2v) is 8.10. The molecule has 1 amide bonds. The van der Waals surface area contributed by atoms with Crippen LogP contribution in [-0.4, -0.2) is 41.0 Å². The lowest BCUT2D eigenvalue weighted by Crippen LogP contribution is -2.37. The van der Waals surface area contributed by atoms with E-state index in [-0.39, 0.29) is 23.4 Å². The lowest BCUT2D eigenvalue weighted by atomic mass is 9.90. The topological polar surface area (TPSA) is 66.8 Å². The normalized spacial score (nSPS) is 23.2. The fraction of sp³-hybridized carbons (Fsp3) is 0.545. The Kier molecular flexibility index (Phi) is 5.70. The Labute approximate surface area is 161 Å². The van der Waals surface area contributed by atoms with Gasteiger partial charge in [0, 0.05) is 19.1 Å². The van der Waals surface area contributed by atoms with Crippen LogP contribution in [0.15, 0.2) is 35.6 Å². The van der Waals surface area contributed by atoms with E-state index in [1.165, 1.54) is 5.56 Å². The van der Waals surface area contributed by atoms with E-state index < -0.39 is 17.7 Å². The van der Waals surface area contributed by atoms with Crippen molar-refractivity contribution in [1.29, 1.82) is 0 Å². The monoisotopic (exact) mass is 371 g/mol. The summed E-state index contributed by atoms with van der Waals surface area (Å²) in [6.07, 6.45) is 1.81.